The van der Waals surface area contributed by atoms with Crippen molar-refractivity contribution in [3.05, 3.63) is 89.4 Å². The van der Waals surface area contributed by atoms with Gasteiger partial charge in [-0.2, -0.15) is 0 Å². The van der Waals surface area contributed by atoms with Crippen LogP contribution in [0.2, 0.25) is 0 Å². The van der Waals surface area contributed by atoms with Crippen LogP contribution in [-0.4, -0.2) is 14.8 Å². The number of allylic oxidation sites excluding steroid dienone is 7. The molecule has 0 radical (unpaired) electrons. The minimum atomic E-state index is -0.121. The maximum absolute atomic E-state index is 5.10. The van der Waals surface area contributed by atoms with Crippen molar-refractivity contribution in [2.24, 2.45) is 64.7 Å². The zero-order valence-electron chi connectivity index (χ0n) is 33.7. The SMILES string of the molecule is C=C=C1CC2(c3nnc(C4C=CC(C)=CN4)n3C)CCC3C(CCC4C3(C)CCC3C(C)C(CC(=C)CC(C)(C)C=C)CCC34C)C2=C1C(C)C. The first-order chi connectivity index (χ1) is 24.1. The number of hydrogen-bond acceptors (Lipinski definition) is 3. The standard InChI is InChI=1S/C47H68N4/c1-13-33-27-47(43-50-49-42(51(43)12)38-17-15-30(5)28-48-38)24-21-37-35(41(47)40(33)29(3)4)16-18-39-45(10)22-19-34(25-31(6)26-44(8,9)14-2)32(7)36(45)20-23-46(37,39)11/h14-15,17,28-29,32,34-39,48H,1-2,6,16,18-27H2,3-5,7-12H3. The van der Waals surface area contributed by atoms with E-state index in [1.165, 1.54) is 68.1 Å². The van der Waals surface area contributed by atoms with E-state index in [0.717, 1.165) is 54.6 Å². The maximum Gasteiger partial charge on any atom is 0.159 e. The van der Waals surface area contributed by atoms with Gasteiger partial charge in [-0.05, 0) is 158 Å². The summed E-state index contributed by atoms with van der Waals surface area (Å²) in [6.45, 7) is 32.6. The topological polar surface area (TPSA) is 42.7 Å². The average Bonchev–Trinajstić information content (AvgIpc) is 3.65. The first-order valence-electron chi connectivity index (χ1n) is 20.5. The van der Waals surface area contributed by atoms with Gasteiger partial charge < -0.3 is 9.88 Å². The molecule has 6 aliphatic rings. The van der Waals surface area contributed by atoms with E-state index in [0.29, 0.717) is 28.6 Å². The molecule has 0 bridgehead atoms. The Labute approximate surface area is 310 Å². The summed E-state index contributed by atoms with van der Waals surface area (Å²) >= 11 is 0. The molecule has 276 valence electrons. The fraction of sp³-hybridized carbons (Fsp3) is 0.681. The number of nitrogens with zero attached hydrogens (tertiary/aromatic N) is 3. The molecule has 10 atom stereocenters. The lowest BCUT2D eigenvalue weighted by atomic mass is 9.37. The van der Waals surface area contributed by atoms with Crippen molar-refractivity contribution < 1.29 is 0 Å². The molecule has 0 aromatic carbocycles. The Morgan fingerprint density at radius 3 is 2.45 bits per heavy atom. The predicted molar refractivity (Wildman–Crippen MR) is 213 cm³/mol. The Morgan fingerprint density at radius 1 is 1.08 bits per heavy atom. The van der Waals surface area contributed by atoms with Crippen molar-refractivity contribution >= 4 is 0 Å². The second-order valence-electron chi connectivity index (χ2n) is 19.7. The van der Waals surface area contributed by atoms with Crippen LogP contribution in [-0.2, 0) is 12.5 Å². The summed E-state index contributed by atoms with van der Waals surface area (Å²) in [7, 11) is 2.21. The molecule has 1 aromatic heterocycles. The lowest BCUT2D eigenvalue weighted by Gasteiger charge is -2.67. The van der Waals surface area contributed by atoms with E-state index in [4.69, 9.17) is 10.2 Å². The summed E-state index contributed by atoms with van der Waals surface area (Å²) in [6.07, 6.45) is 22.4. The summed E-state index contributed by atoms with van der Waals surface area (Å²) in [6, 6.07) is 0.0420. The molecule has 51 heavy (non-hydrogen) atoms. The van der Waals surface area contributed by atoms with Crippen molar-refractivity contribution in [1.29, 1.82) is 0 Å². The largest absolute Gasteiger partial charge is 0.378 e. The highest BCUT2D eigenvalue weighted by Crippen LogP contribution is 2.72. The molecule has 7 rings (SSSR count). The van der Waals surface area contributed by atoms with E-state index in [-0.39, 0.29) is 16.9 Å². The molecular weight excluding hydrogens is 621 g/mol. The van der Waals surface area contributed by atoms with Gasteiger partial charge in [-0.15, -0.1) is 22.5 Å². The molecule has 4 nitrogen and oxygen atoms in total. The number of nitrogens with one attached hydrogen (secondary N) is 1. The van der Waals surface area contributed by atoms with Crippen LogP contribution in [0.1, 0.15) is 144 Å². The third-order valence-electron chi connectivity index (χ3n) is 16.1. The van der Waals surface area contributed by atoms with Crippen LogP contribution in [0.25, 0.3) is 0 Å². The van der Waals surface area contributed by atoms with Crippen LogP contribution in [0.3, 0.4) is 0 Å². The molecule has 2 heterocycles. The molecular formula is C47H68N4. The minimum Gasteiger partial charge on any atom is -0.378 e. The van der Waals surface area contributed by atoms with Crippen LogP contribution in [0, 0.1) is 57.7 Å². The van der Waals surface area contributed by atoms with Gasteiger partial charge in [0.15, 0.2) is 5.82 Å². The van der Waals surface area contributed by atoms with Crippen molar-refractivity contribution in [3.63, 3.8) is 0 Å². The molecule has 10 unspecified atom stereocenters. The lowest BCUT2D eigenvalue weighted by molar-refractivity contribution is -0.168. The van der Waals surface area contributed by atoms with Gasteiger partial charge in [0.25, 0.3) is 0 Å². The molecule has 5 aliphatic carbocycles. The Balaban J connectivity index is 1.20. The molecule has 4 saturated carbocycles. The van der Waals surface area contributed by atoms with Crippen LogP contribution >= 0.6 is 0 Å². The summed E-state index contributed by atoms with van der Waals surface area (Å²) < 4.78 is 2.34. The van der Waals surface area contributed by atoms with E-state index >= 15 is 0 Å². The summed E-state index contributed by atoms with van der Waals surface area (Å²) in [5.74, 6) is 7.05. The summed E-state index contributed by atoms with van der Waals surface area (Å²) in [5, 5.41) is 13.6. The first-order valence-corrected chi connectivity index (χ1v) is 20.5. The van der Waals surface area contributed by atoms with E-state index in [1.807, 2.05) is 0 Å². The maximum atomic E-state index is 5.10. The van der Waals surface area contributed by atoms with E-state index in [9.17, 15) is 0 Å². The summed E-state index contributed by atoms with van der Waals surface area (Å²) in [4.78, 5) is 0. The smallest absolute Gasteiger partial charge is 0.159 e. The Morgan fingerprint density at radius 2 is 1.78 bits per heavy atom. The van der Waals surface area contributed by atoms with Crippen molar-refractivity contribution in [2.75, 3.05) is 0 Å². The van der Waals surface area contributed by atoms with Crippen molar-refractivity contribution in [1.82, 2.24) is 20.1 Å². The number of rotatable bonds is 8. The molecule has 4 fully saturated rings. The Bertz CT molecular complexity index is 1720. The summed E-state index contributed by atoms with van der Waals surface area (Å²) in [5.41, 5.74) is 11.6. The zero-order chi connectivity index (χ0) is 36.7. The third kappa shape index (κ3) is 5.68. The van der Waals surface area contributed by atoms with E-state index in [2.05, 4.69) is 122 Å². The lowest BCUT2D eigenvalue weighted by Crippen LogP contribution is -2.60. The molecule has 1 aliphatic heterocycles. The van der Waals surface area contributed by atoms with Gasteiger partial charge in [-0.25, -0.2) is 0 Å². The molecule has 0 spiro atoms. The number of aromatic nitrogens is 3. The monoisotopic (exact) mass is 689 g/mol. The van der Waals surface area contributed by atoms with Crippen LogP contribution in [0.5, 0.6) is 0 Å². The molecule has 4 heteroatoms. The van der Waals surface area contributed by atoms with Gasteiger partial charge in [0, 0.05) is 13.2 Å². The fourth-order valence-electron chi connectivity index (χ4n) is 13.7. The van der Waals surface area contributed by atoms with Gasteiger partial charge in [0.1, 0.15) is 11.9 Å². The first kappa shape index (κ1) is 36.5. The van der Waals surface area contributed by atoms with Gasteiger partial charge >= 0.3 is 0 Å². The second-order valence-corrected chi connectivity index (χ2v) is 19.7. The van der Waals surface area contributed by atoms with Gasteiger partial charge in [-0.3, -0.25) is 0 Å². The number of hydrogen-bond donors (Lipinski definition) is 1. The third-order valence-corrected chi connectivity index (χ3v) is 16.1. The van der Waals surface area contributed by atoms with Crippen LogP contribution < -0.4 is 5.32 Å². The highest BCUT2D eigenvalue weighted by Gasteiger charge is 2.65. The van der Waals surface area contributed by atoms with Gasteiger partial charge in [0.05, 0.1) is 5.41 Å². The van der Waals surface area contributed by atoms with Crippen LogP contribution in [0.15, 0.2) is 77.8 Å². The fourth-order valence-corrected chi connectivity index (χ4v) is 13.7. The highest BCUT2D eigenvalue weighted by atomic mass is 15.3. The minimum absolute atomic E-state index is 0.0420. The molecule has 1 N–H and O–H groups in total. The van der Waals surface area contributed by atoms with Crippen molar-refractivity contribution in [2.45, 2.75) is 137 Å². The quantitative estimate of drug-likeness (QED) is 0.218. The second kappa shape index (κ2) is 12.9. The van der Waals surface area contributed by atoms with Crippen LogP contribution in [0.4, 0.5) is 0 Å². The Kier molecular flexibility index (Phi) is 9.26. The normalized spacial score (nSPS) is 39.0. The van der Waals surface area contributed by atoms with E-state index in [1.54, 1.807) is 11.1 Å². The number of dihydropyridines is 1. The molecule has 1 aromatic rings. The zero-order valence-corrected chi connectivity index (χ0v) is 33.7. The predicted octanol–water partition coefficient (Wildman–Crippen LogP) is 11.7. The van der Waals surface area contributed by atoms with Crippen molar-refractivity contribution in [3.8, 4) is 0 Å². The Hall–Kier alpha value is -2.84. The van der Waals surface area contributed by atoms with Gasteiger partial charge in [0.2, 0.25) is 0 Å². The molecule has 0 saturated heterocycles. The molecule has 0 amide bonds. The van der Waals surface area contributed by atoms with E-state index < -0.39 is 0 Å². The highest BCUT2D eigenvalue weighted by molar-refractivity contribution is 5.54. The average molecular weight is 689 g/mol. The van der Waals surface area contributed by atoms with Gasteiger partial charge in [-0.1, -0.05) is 85.4 Å². The number of fused-ring (bicyclic) bond motifs is 7.